The van der Waals surface area contributed by atoms with Gasteiger partial charge >= 0.3 is 6.09 Å². The van der Waals surface area contributed by atoms with E-state index >= 15 is 0 Å². The first kappa shape index (κ1) is 20.0. The summed E-state index contributed by atoms with van der Waals surface area (Å²) >= 11 is 6.08. The average molecular weight is 389 g/mol. The highest BCUT2D eigenvalue weighted by molar-refractivity contribution is 7.88. The first-order valence-electron chi connectivity index (χ1n) is 8.20. The zero-order valence-electron chi connectivity index (χ0n) is 15.0. The van der Waals surface area contributed by atoms with Crippen LogP contribution in [0.4, 0.5) is 4.79 Å². The number of amides is 1. The molecular weight excluding hydrogens is 364 g/mol. The Hall–Kier alpha value is -1.31. The number of hydrogen-bond donors (Lipinski definition) is 0. The van der Waals surface area contributed by atoms with E-state index in [9.17, 15) is 13.2 Å². The molecule has 1 heterocycles. The molecule has 0 bridgehead atoms. The molecule has 0 unspecified atom stereocenters. The van der Waals surface area contributed by atoms with Crippen molar-refractivity contribution in [2.24, 2.45) is 0 Å². The predicted molar refractivity (Wildman–Crippen MR) is 98.1 cm³/mol. The van der Waals surface area contributed by atoms with Gasteiger partial charge in [0.2, 0.25) is 10.0 Å². The summed E-state index contributed by atoms with van der Waals surface area (Å²) in [5.41, 5.74) is -0.000860. The average Bonchev–Trinajstić information content (AvgIpc) is 2.47. The number of hydrogen-bond acceptors (Lipinski definition) is 4. The number of carbonyl (C=O) groups excluding carboxylic acids is 1. The van der Waals surface area contributed by atoms with Gasteiger partial charge in [-0.15, -0.1) is 0 Å². The van der Waals surface area contributed by atoms with E-state index in [1.807, 2.05) is 0 Å². The van der Waals surface area contributed by atoms with Crippen molar-refractivity contribution in [1.82, 2.24) is 9.21 Å². The lowest BCUT2D eigenvalue weighted by Gasteiger charge is -2.39. The Morgan fingerprint density at radius 2 is 1.92 bits per heavy atom. The van der Waals surface area contributed by atoms with Gasteiger partial charge in [-0.2, -0.15) is 4.31 Å². The minimum Gasteiger partial charge on any atom is -0.444 e. The van der Waals surface area contributed by atoms with Gasteiger partial charge in [0.05, 0.1) is 5.75 Å². The maximum atomic E-state index is 12.8. The molecule has 25 heavy (non-hydrogen) atoms. The predicted octanol–water partition coefficient (Wildman–Crippen LogP) is 3.11. The van der Waals surface area contributed by atoms with Crippen LogP contribution in [0.2, 0.25) is 5.02 Å². The molecule has 0 aromatic heterocycles. The zero-order valence-corrected chi connectivity index (χ0v) is 16.6. The molecular formula is C17H25ClN2O4S. The Morgan fingerprint density at radius 1 is 1.28 bits per heavy atom. The second kappa shape index (κ2) is 7.51. The summed E-state index contributed by atoms with van der Waals surface area (Å²) < 4.78 is 32.3. The summed E-state index contributed by atoms with van der Waals surface area (Å²) in [7, 11) is -3.52. The van der Waals surface area contributed by atoms with E-state index in [1.165, 1.54) is 4.31 Å². The monoisotopic (exact) mass is 388 g/mol. The summed E-state index contributed by atoms with van der Waals surface area (Å²) in [5.74, 6) is -0.149. The van der Waals surface area contributed by atoms with E-state index in [4.69, 9.17) is 16.3 Å². The number of piperazine rings is 1. The van der Waals surface area contributed by atoms with Crippen LogP contribution in [-0.4, -0.2) is 55.0 Å². The van der Waals surface area contributed by atoms with Crippen molar-refractivity contribution < 1.29 is 17.9 Å². The Morgan fingerprint density at radius 3 is 2.48 bits per heavy atom. The van der Waals surface area contributed by atoms with E-state index in [-0.39, 0.29) is 18.3 Å². The van der Waals surface area contributed by atoms with Crippen LogP contribution >= 0.6 is 11.6 Å². The molecule has 1 aromatic rings. The van der Waals surface area contributed by atoms with Gasteiger partial charge in [-0.05, 0) is 39.3 Å². The highest BCUT2D eigenvalue weighted by Gasteiger charge is 2.35. The molecule has 1 atom stereocenters. The highest BCUT2D eigenvalue weighted by Crippen LogP contribution is 2.23. The maximum absolute atomic E-state index is 12.8. The quantitative estimate of drug-likeness (QED) is 0.797. The van der Waals surface area contributed by atoms with Gasteiger partial charge in [-0.25, -0.2) is 13.2 Å². The van der Waals surface area contributed by atoms with Gasteiger partial charge in [0.25, 0.3) is 0 Å². The van der Waals surface area contributed by atoms with E-state index in [1.54, 1.807) is 56.9 Å². The van der Waals surface area contributed by atoms with Crippen LogP contribution in [-0.2, 0) is 20.5 Å². The zero-order chi connectivity index (χ0) is 18.8. The number of rotatable bonds is 3. The van der Waals surface area contributed by atoms with Crippen molar-refractivity contribution in [3.8, 4) is 0 Å². The Bertz CT molecular complexity index is 730. The van der Waals surface area contributed by atoms with Crippen LogP contribution in [0.15, 0.2) is 24.3 Å². The fourth-order valence-electron chi connectivity index (χ4n) is 2.74. The topological polar surface area (TPSA) is 66.9 Å². The second-order valence-corrected chi connectivity index (χ2v) is 9.56. The lowest BCUT2D eigenvalue weighted by Crippen LogP contribution is -2.56. The number of halogens is 1. The van der Waals surface area contributed by atoms with Crippen LogP contribution in [0, 0.1) is 0 Å². The lowest BCUT2D eigenvalue weighted by molar-refractivity contribution is 0.0143. The van der Waals surface area contributed by atoms with Gasteiger partial charge in [0.1, 0.15) is 5.60 Å². The summed E-state index contributed by atoms with van der Waals surface area (Å²) in [6.45, 7) is 8.06. The molecule has 1 fully saturated rings. The van der Waals surface area contributed by atoms with E-state index < -0.39 is 21.7 Å². The van der Waals surface area contributed by atoms with Gasteiger partial charge in [-0.3, -0.25) is 0 Å². The fourth-order valence-corrected chi connectivity index (χ4v) is 4.81. The van der Waals surface area contributed by atoms with Gasteiger partial charge < -0.3 is 9.64 Å². The number of benzene rings is 1. The Balaban J connectivity index is 2.05. The molecule has 6 nitrogen and oxygen atoms in total. The summed E-state index contributed by atoms with van der Waals surface area (Å²) in [6, 6.07) is 6.59. The lowest BCUT2D eigenvalue weighted by atomic mass is 10.2. The minimum atomic E-state index is -3.52. The Labute approximate surface area is 154 Å². The van der Waals surface area contributed by atoms with Crippen LogP contribution < -0.4 is 0 Å². The minimum absolute atomic E-state index is 0.149. The number of ether oxygens (including phenoxy) is 1. The smallest absolute Gasteiger partial charge is 0.410 e. The summed E-state index contributed by atoms with van der Waals surface area (Å²) in [5, 5.41) is 0.436. The third kappa shape index (κ3) is 5.33. The molecule has 1 aliphatic rings. The number of sulfonamides is 1. The molecule has 0 saturated carbocycles. The molecule has 1 aliphatic heterocycles. The van der Waals surface area contributed by atoms with E-state index in [0.717, 1.165) is 0 Å². The normalized spacial score (nSPS) is 19.7. The molecule has 1 amide bonds. The number of carbonyl (C=O) groups is 1. The van der Waals surface area contributed by atoms with E-state index in [0.29, 0.717) is 23.7 Å². The first-order chi connectivity index (χ1) is 11.5. The van der Waals surface area contributed by atoms with Crippen LogP contribution in [0.1, 0.15) is 33.3 Å². The largest absolute Gasteiger partial charge is 0.444 e. The number of nitrogens with zero attached hydrogens (tertiary/aromatic N) is 2. The van der Waals surface area contributed by atoms with Crippen molar-refractivity contribution in [3.05, 3.63) is 34.9 Å². The van der Waals surface area contributed by atoms with Crippen LogP contribution in [0.3, 0.4) is 0 Å². The third-order valence-corrected chi connectivity index (χ3v) is 6.17. The molecule has 2 rings (SSSR count). The van der Waals surface area contributed by atoms with Gasteiger partial charge in [-0.1, -0.05) is 29.8 Å². The van der Waals surface area contributed by atoms with Gasteiger partial charge in [0.15, 0.2) is 0 Å². The molecule has 0 N–H and O–H groups in total. The molecule has 0 radical (unpaired) electrons. The Kier molecular flexibility index (Phi) is 6.01. The summed E-state index contributed by atoms with van der Waals surface area (Å²) in [6.07, 6.45) is -0.414. The van der Waals surface area contributed by atoms with Crippen molar-refractivity contribution in [2.75, 3.05) is 19.6 Å². The molecule has 1 saturated heterocycles. The standard InChI is InChI=1S/C17H25ClN2O4S/c1-13-11-19(16(21)24-17(2,3)4)9-10-20(13)25(22,23)12-14-7-5-6-8-15(14)18/h5-8,13H,9-12H2,1-4H3/t13-/m0/s1. The maximum Gasteiger partial charge on any atom is 0.410 e. The highest BCUT2D eigenvalue weighted by atomic mass is 35.5. The molecule has 140 valence electrons. The molecule has 0 aliphatic carbocycles. The van der Waals surface area contributed by atoms with Crippen LogP contribution in [0.5, 0.6) is 0 Å². The van der Waals surface area contributed by atoms with Crippen molar-refractivity contribution in [1.29, 1.82) is 0 Å². The first-order valence-corrected chi connectivity index (χ1v) is 10.2. The van der Waals surface area contributed by atoms with Crippen molar-refractivity contribution >= 4 is 27.7 Å². The van der Waals surface area contributed by atoms with E-state index in [2.05, 4.69) is 0 Å². The van der Waals surface area contributed by atoms with Crippen molar-refractivity contribution in [3.63, 3.8) is 0 Å². The van der Waals surface area contributed by atoms with Crippen LogP contribution in [0.25, 0.3) is 0 Å². The SMILES string of the molecule is C[C@H]1CN(C(=O)OC(C)(C)C)CCN1S(=O)(=O)Cc1ccccc1Cl. The molecule has 8 heteroatoms. The molecule has 0 spiro atoms. The van der Waals surface area contributed by atoms with Gasteiger partial charge in [0, 0.05) is 30.7 Å². The second-order valence-electron chi connectivity index (χ2n) is 7.23. The fraction of sp³-hybridized carbons (Fsp3) is 0.588. The third-order valence-electron chi connectivity index (χ3n) is 3.87. The molecule has 1 aromatic carbocycles. The van der Waals surface area contributed by atoms with Crippen molar-refractivity contribution in [2.45, 2.75) is 45.1 Å². The summed E-state index contributed by atoms with van der Waals surface area (Å²) in [4.78, 5) is 13.7.